The van der Waals surface area contributed by atoms with Crippen LogP contribution in [0.2, 0.25) is 0 Å². The van der Waals surface area contributed by atoms with Gasteiger partial charge in [0.25, 0.3) is 5.56 Å². The first-order chi connectivity index (χ1) is 12.1. The van der Waals surface area contributed by atoms with E-state index in [1.54, 1.807) is 6.92 Å². The summed E-state index contributed by atoms with van der Waals surface area (Å²) in [7, 11) is 0. The van der Waals surface area contributed by atoms with Crippen molar-refractivity contribution in [2.45, 2.75) is 26.6 Å². The van der Waals surface area contributed by atoms with Gasteiger partial charge in [0.1, 0.15) is 0 Å². The largest absolute Gasteiger partial charge is 0.433 e. The van der Waals surface area contributed by atoms with Gasteiger partial charge < -0.3 is 10.6 Å². The fourth-order valence-corrected chi connectivity index (χ4v) is 2.41. The smallest absolute Gasteiger partial charge is 0.377 e. The number of nitrogens with zero attached hydrogens (tertiary/aromatic N) is 3. The van der Waals surface area contributed by atoms with Crippen LogP contribution in [-0.4, -0.2) is 15.9 Å². The number of ether oxygens (including phenoxy) is 1. The van der Waals surface area contributed by atoms with Gasteiger partial charge in [-0.25, -0.2) is 14.0 Å². The van der Waals surface area contributed by atoms with Gasteiger partial charge in [-0.2, -0.15) is 18.4 Å². The maximum Gasteiger partial charge on any atom is 0.433 e. The van der Waals surface area contributed by atoms with Crippen molar-refractivity contribution in [3.05, 3.63) is 61.4 Å². The van der Waals surface area contributed by atoms with Crippen molar-refractivity contribution in [1.82, 2.24) is 9.24 Å². The molecular weight excluding hydrogens is 353 g/mol. The van der Waals surface area contributed by atoms with Gasteiger partial charge in [0.15, 0.2) is 5.69 Å². The zero-order valence-corrected chi connectivity index (χ0v) is 13.9. The molecule has 1 aromatic heterocycles. The number of hydrogen-bond donors (Lipinski definition) is 1. The van der Waals surface area contributed by atoms with Crippen molar-refractivity contribution in [3.63, 3.8) is 0 Å². The Labute approximate surface area is 145 Å². The minimum Gasteiger partial charge on any atom is -0.377 e. The molecule has 0 saturated heterocycles. The predicted octanol–water partition coefficient (Wildman–Crippen LogP) is 1.45. The maximum absolute atomic E-state index is 12.9. The van der Waals surface area contributed by atoms with Crippen molar-refractivity contribution >= 4 is 0 Å². The lowest BCUT2D eigenvalue weighted by molar-refractivity contribution is -0.143. The first-order valence-electron chi connectivity index (χ1n) is 7.45. The summed E-state index contributed by atoms with van der Waals surface area (Å²) in [4.78, 5) is 24.5. The van der Waals surface area contributed by atoms with E-state index in [-0.39, 0.29) is 28.6 Å². The summed E-state index contributed by atoms with van der Waals surface area (Å²) in [5.41, 5.74) is -3.04. The molecule has 1 aromatic carbocycles. The van der Waals surface area contributed by atoms with Crippen molar-refractivity contribution in [2.24, 2.45) is 0 Å². The highest BCUT2D eigenvalue weighted by atomic mass is 19.4. The molecule has 138 valence electrons. The molecule has 2 N–H and O–H groups in total. The summed E-state index contributed by atoms with van der Waals surface area (Å²) in [6.07, 6.45) is -4.95. The summed E-state index contributed by atoms with van der Waals surface area (Å²) >= 11 is 0. The molecule has 0 aliphatic carbocycles. The SMILES string of the molecule is CCOCc1cc(-n2c(=O)cc(C(F)(F)F)n(N)c2=O)c(C)cc1C#N. The number of halogens is 3. The lowest BCUT2D eigenvalue weighted by Gasteiger charge is -2.16. The summed E-state index contributed by atoms with van der Waals surface area (Å²) in [6.45, 7) is 3.67. The van der Waals surface area contributed by atoms with E-state index in [0.29, 0.717) is 22.3 Å². The van der Waals surface area contributed by atoms with E-state index in [1.807, 2.05) is 6.07 Å². The Morgan fingerprint density at radius 3 is 2.46 bits per heavy atom. The van der Waals surface area contributed by atoms with Crippen molar-refractivity contribution in [2.75, 3.05) is 12.4 Å². The van der Waals surface area contributed by atoms with Gasteiger partial charge in [0.05, 0.1) is 23.9 Å². The number of aryl methyl sites for hydroxylation is 1. The second-order valence-electron chi connectivity index (χ2n) is 5.40. The second kappa shape index (κ2) is 7.05. The molecule has 0 bridgehead atoms. The molecule has 0 aliphatic heterocycles. The van der Waals surface area contributed by atoms with Crippen LogP contribution < -0.4 is 17.1 Å². The summed E-state index contributed by atoms with van der Waals surface area (Å²) in [5, 5.41) is 9.20. The van der Waals surface area contributed by atoms with Crippen LogP contribution in [0, 0.1) is 18.3 Å². The van der Waals surface area contributed by atoms with Crippen LogP contribution in [0.4, 0.5) is 13.2 Å². The maximum atomic E-state index is 12.9. The van der Waals surface area contributed by atoms with Crippen LogP contribution in [0.15, 0.2) is 27.8 Å². The number of aromatic nitrogens is 2. The molecule has 2 rings (SSSR count). The minimum absolute atomic E-state index is 0.0293. The van der Waals surface area contributed by atoms with E-state index in [2.05, 4.69) is 0 Å². The highest BCUT2D eigenvalue weighted by Crippen LogP contribution is 2.27. The van der Waals surface area contributed by atoms with E-state index in [9.17, 15) is 28.0 Å². The molecular formula is C16H15F3N4O3. The molecule has 0 radical (unpaired) electrons. The number of rotatable bonds is 4. The van der Waals surface area contributed by atoms with Gasteiger partial charge in [-0.15, -0.1) is 0 Å². The van der Waals surface area contributed by atoms with E-state index < -0.39 is 23.1 Å². The minimum atomic E-state index is -4.95. The normalized spacial score (nSPS) is 11.4. The Morgan fingerprint density at radius 2 is 1.92 bits per heavy atom. The quantitative estimate of drug-likeness (QED) is 0.823. The molecule has 0 unspecified atom stereocenters. The fourth-order valence-electron chi connectivity index (χ4n) is 2.41. The lowest BCUT2D eigenvalue weighted by Crippen LogP contribution is -2.45. The predicted molar refractivity (Wildman–Crippen MR) is 86.2 cm³/mol. The van der Waals surface area contributed by atoms with E-state index in [1.165, 1.54) is 19.1 Å². The molecule has 10 heteroatoms. The fraction of sp³-hybridized carbons (Fsp3) is 0.312. The van der Waals surface area contributed by atoms with Crippen LogP contribution >= 0.6 is 0 Å². The highest BCUT2D eigenvalue weighted by molar-refractivity contribution is 5.51. The van der Waals surface area contributed by atoms with Crippen LogP contribution in [0.5, 0.6) is 0 Å². The number of nitrogens with two attached hydrogens (primary N) is 1. The number of nitrogen functional groups attached to an aromatic ring is 1. The zero-order valence-electron chi connectivity index (χ0n) is 13.9. The monoisotopic (exact) mass is 368 g/mol. The highest BCUT2D eigenvalue weighted by Gasteiger charge is 2.35. The number of alkyl halides is 3. The van der Waals surface area contributed by atoms with E-state index in [0.717, 1.165) is 0 Å². The average molecular weight is 368 g/mol. The third-order valence-corrected chi connectivity index (χ3v) is 3.67. The molecule has 0 atom stereocenters. The summed E-state index contributed by atoms with van der Waals surface area (Å²) in [5.74, 6) is 5.25. The molecule has 0 aliphatic rings. The van der Waals surface area contributed by atoms with Crippen LogP contribution in [0.3, 0.4) is 0 Å². The molecule has 0 amide bonds. The molecule has 0 fully saturated rings. The topological polar surface area (TPSA) is 103 Å². The Kier molecular flexibility index (Phi) is 5.22. The van der Waals surface area contributed by atoms with Crippen LogP contribution in [0.25, 0.3) is 5.69 Å². The Balaban J connectivity index is 2.77. The molecule has 26 heavy (non-hydrogen) atoms. The Hall–Kier alpha value is -3.06. The van der Waals surface area contributed by atoms with E-state index >= 15 is 0 Å². The molecule has 0 spiro atoms. The van der Waals surface area contributed by atoms with Gasteiger partial charge in [-0.05, 0) is 37.1 Å². The second-order valence-corrected chi connectivity index (χ2v) is 5.40. The molecule has 1 heterocycles. The zero-order chi connectivity index (χ0) is 19.6. The summed E-state index contributed by atoms with van der Waals surface area (Å²) < 4.78 is 44.3. The standard InChI is InChI=1S/C16H15F3N4O3/c1-3-26-8-11-5-12(9(2)4-10(11)7-20)22-14(24)6-13(16(17,18)19)23(21)15(22)25/h4-6H,3,8,21H2,1-2H3. The molecule has 0 saturated carbocycles. The Bertz CT molecular complexity index is 1000. The van der Waals surface area contributed by atoms with Crippen LogP contribution in [-0.2, 0) is 17.5 Å². The first kappa shape index (κ1) is 19.3. The third kappa shape index (κ3) is 3.48. The van der Waals surface area contributed by atoms with Crippen molar-refractivity contribution in [1.29, 1.82) is 5.26 Å². The first-order valence-corrected chi connectivity index (χ1v) is 7.45. The van der Waals surface area contributed by atoms with Gasteiger partial charge in [-0.3, -0.25) is 4.79 Å². The van der Waals surface area contributed by atoms with Gasteiger partial charge in [0.2, 0.25) is 0 Å². The van der Waals surface area contributed by atoms with Crippen molar-refractivity contribution in [3.8, 4) is 11.8 Å². The average Bonchev–Trinajstić information content (AvgIpc) is 2.56. The number of benzene rings is 1. The lowest BCUT2D eigenvalue weighted by atomic mass is 10.0. The number of nitriles is 1. The van der Waals surface area contributed by atoms with Gasteiger partial charge in [-0.1, -0.05) is 0 Å². The van der Waals surface area contributed by atoms with Crippen molar-refractivity contribution < 1.29 is 17.9 Å². The van der Waals surface area contributed by atoms with E-state index in [4.69, 9.17) is 10.6 Å². The van der Waals surface area contributed by atoms with Crippen LogP contribution in [0.1, 0.15) is 29.3 Å². The van der Waals surface area contributed by atoms with Gasteiger partial charge in [0, 0.05) is 12.7 Å². The molecule has 7 nitrogen and oxygen atoms in total. The van der Waals surface area contributed by atoms with Gasteiger partial charge >= 0.3 is 11.9 Å². The third-order valence-electron chi connectivity index (χ3n) is 3.67. The Morgan fingerprint density at radius 1 is 1.27 bits per heavy atom. The molecule has 2 aromatic rings. The summed E-state index contributed by atoms with van der Waals surface area (Å²) in [6, 6.07) is 5.01. The number of hydrogen-bond acceptors (Lipinski definition) is 5.